The normalized spacial score (nSPS) is 11.7. The third-order valence-electron chi connectivity index (χ3n) is 2.98. The first-order chi connectivity index (χ1) is 10.1. The lowest BCUT2D eigenvalue weighted by Gasteiger charge is -2.15. The number of carboxylic acids is 1. The molecule has 21 heavy (non-hydrogen) atoms. The number of hydrogen-bond donors (Lipinski definition) is 1. The molecule has 0 fully saturated rings. The Morgan fingerprint density at radius 3 is 2.33 bits per heavy atom. The van der Waals surface area contributed by atoms with Crippen molar-refractivity contribution in [3.8, 4) is 11.5 Å². The van der Waals surface area contributed by atoms with E-state index in [-0.39, 0.29) is 6.42 Å². The Labute approximate surface area is 121 Å². The summed E-state index contributed by atoms with van der Waals surface area (Å²) in [6, 6.07) is 12.6. The molecular weight excluding hydrogens is 275 g/mol. The van der Waals surface area contributed by atoms with Crippen molar-refractivity contribution in [1.29, 1.82) is 0 Å². The Morgan fingerprint density at radius 2 is 1.76 bits per heavy atom. The molecule has 4 nitrogen and oxygen atoms in total. The largest absolute Gasteiger partial charge is 0.497 e. The van der Waals surface area contributed by atoms with Crippen molar-refractivity contribution in [1.82, 2.24) is 0 Å². The Bertz CT molecular complexity index is 610. The second kappa shape index (κ2) is 6.74. The van der Waals surface area contributed by atoms with Crippen LogP contribution in [0.4, 0.5) is 4.39 Å². The molecule has 0 unspecified atom stereocenters. The van der Waals surface area contributed by atoms with E-state index >= 15 is 0 Å². The first-order valence-corrected chi connectivity index (χ1v) is 6.37. The first-order valence-electron chi connectivity index (χ1n) is 6.37. The smallest absolute Gasteiger partial charge is 0.345 e. The second-order valence-corrected chi connectivity index (χ2v) is 4.42. The third kappa shape index (κ3) is 3.95. The van der Waals surface area contributed by atoms with Crippen molar-refractivity contribution in [3.63, 3.8) is 0 Å². The van der Waals surface area contributed by atoms with Gasteiger partial charge in [0.15, 0.2) is 6.10 Å². The fraction of sp³-hybridized carbons (Fsp3) is 0.188. The third-order valence-corrected chi connectivity index (χ3v) is 2.98. The van der Waals surface area contributed by atoms with Gasteiger partial charge in [-0.1, -0.05) is 18.2 Å². The van der Waals surface area contributed by atoms with Crippen LogP contribution in [0, 0.1) is 5.82 Å². The quantitative estimate of drug-likeness (QED) is 0.888. The van der Waals surface area contributed by atoms with Gasteiger partial charge in [0.2, 0.25) is 0 Å². The number of hydrogen-bond acceptors (Lipinski definition) is 3. The number of carbonyl (C=O) groups is 1. The van der Waals surface area contributed by atoms with Gasteiger partial charge in [0.1, 0.15) is 17.3 Å². The molecule has 0 aliphatic carbocycles. The summed E-state index contributed by atoms with van der Waals surface area (Å²) in [7, 11) is 1.54. The van der Waals surface area contributed by atoms with E-state index < -0.39 is 17.9 Å². The highest BCUT2D eigenvalue weighted by Crippen LogP contribution is 2.20. The van der Waals surface area contributed by atoms with E-state index in [1.165, 1.54) is 13.2 Å². The monoisotopic (exact) mass is 290 g/mol. The number of halogens is 1. The van der Waals surface area contributed by atoms with Crippen molar-refractivity contribution in [2.45, 2.75) is 12.5 Å². The van der Waals surface area contributed by atoms with Gasteiger partial charge in [-0.25, -0.2) is 9.18 Å². The maximum atomic E-state index is 13.6. The molecule has 0 saturated heterocycles. The summed E-state index contributed by atoms with van der Waals surface area (Å²) in [6.07, 6.45) is -1.20. The number of aliphatic carboxylic acids is 1. The van der Waals surface area contributed by atoms with E-state index in [1.807, 2.05) is 0 Å². The SMILES string of the molecule is COc1ccc(O[C@@H](Cc2ccccc2F)C(=O)O)cc1. The summed E-state index contributed by atoms with van der Waals surface area (Å²) in [4.78, 5) is 11.3. The topological polar surface area (TPSA) is 55.8 Å². The van der Waals surface area contributed by atoms with Gasteiger partial charge in [-0.05, 0) is 35.9 Å². The van der Waals surface area contributed by atoms with Crippen LogP contribution in [0.25, 0.3) is 0 Å². The Morgan fingerprint density at radius 1 is 1.14 bits per heavy atom. The average molecular weight is 290 g/mol. The lowest BCUT2D eigenvalue weighted by molar-refractivity contribution is -0.145. The van der Waals surface area contributed by atoms with E-state index in [9.17, 15) is 14.3 Å². The number of ether oxygens (including phenoxy) is 2. The van der Waals surface area contributed by atoms with Gasteiger partial charge >= 0.3 is 5.97 Å². The minimum Gasteiger partial charge on any atom is -0.497 e. The predicted octanol–water partition coefficient (Wildman–Crippen LogP) is 2.91. The molecule has 0 aromatic heterocycles. The number of carboxylic acid groups (broad SMARTS) is 1. The van der Waals surface area contributed by atoms with Gasteiger partial charge in [-0.15, -0.1) is 0 Å². The van der Waals surface area contributed by atoms with Crippen LogP contribution in [-0.2, 0) is 11.2 Å². The molecule has 5 heteroatoms. The summed E-state index contributed by atoms with van der Waals surface area (Å²) < 4.78 is 24.0. The number of rotatable bonds is 6. The second-order valence-electron chi connectivity index (χ2n) is 4.42. The molecule has 0 radical (unpaired) electrons. The molecule has 1 atom stereocenters. The minimum absolute atomic E-state index is 0.0476. The summed E-state index contributed by atoms with van der Waals surface area (Å²) in [5.41, 5.74) is 0.304. The molecule has 0 spiro atoms. The van der Waals surface area contributed by atoms with Gasteiger partial charge in [-0.3, -0.25) is 0 Å². The molecule has 110 valence electrons. The van der Waals surface area contributed by atoms with Crippen LogP contribution in [-0.4, -0.2) is 24.3 Å². The maximum Gasteiger partial charge on any atom is 0.345 e. The van der Waals surface area contributed by atoms with Crippen LogP contribution in [0.15, 0.2) is 48.5 Å². The van der Waals surface area contributed by atoms with Crippen LogP contribution in [0.1, 0.15) is 5.56 Å². The van der Waals surface area contributed by atoms with Crippen LogP contribution < -0.4 is 9.47 Å². The first kappa shape index (κ1) is 14.8. The van der Waals surface area contributed by atoms with E-state index in [2.05, 4.69) is 0 Å². The van der Waals surface area contributed by atoms with Crippen molar-refractivity contribution in [3.05, 3.63) is 59.9 Å². The van der Waals surface area contributed by atoms with Crippen LogP contribution in [0.3, 0.4) is 0 Å². The molecule has 0 aliphatic rings. The highest BCUT2D eigenvalue weighted by atomic mass is 19.1. The van der Waals surface area contributed by atoms with Crippen LogP contribution >= 0.6 is 0 Å². The average Bonchev–Trinajstić information content (AvgIpc) is 2.49. The minimum atomic E-state index is -1.16. The molecule has 2 aromatic carbocycles. The molecule has 1 N–H and O–H groups in total. The van der Waals surface area contributed by atoms with Gasteiger partial charge in [-0.2, -0.15) is 0 Å². The summed E-state index contributed by atoms with van der Waals surface area (Å²) in [5, 5.41) is 9.22. The molecule has 2 aromatic rings. The zero-order valence-electron chi connectivity index (χ0n) is 11.5. The standard InChI is InChI=1S/C16H15FO4/c1-20-12-6-8-13(9-7-12)21-15(16(18)19)10-11-4-2-3-5-14(11)17/h2-9,15H,10H2,1H3,(H,18,19)/t15-/m0/s1. The van der Waals surface area contributed by atoms with Crippen molar-refractivity contribution in [2.75, 3.05) is 7.11 Å². The maximum absolute atomic E-state index is 13.6. The van der Waals surface area contributed by atoms with E-state index in [1.54, 1.807) is 42.5 Å². The zero-order valence-corrected chi connectivity index (χ0v) is 11.5. The highest BCUT2D eigenvalue weighted by molar-refractivity contribution is 5.73. The van der Waals surface area contributed by atoms with Crippen molar-refractivity contribution < 1.29 is 23.8 Å². The molecule has 0 heterocycles. The van der Waals surface area contributed by atoms with Gasteiger partial charge in [0.25, 0.3) is 0 Å². The molecule has 0 saturated carbocycles. The molecule has 0 amide bonds. The summed E-state index contributed by atoms with van der Waals surface area (Å²) in [5.74, 6) is -0.556. The Balaban J connectivity index is 2.12. The number of benzene rings is 2. The Kier molecular flexibility index (Phi) is 4.77. The molecule has 0 bridgehead atoms. The zero-order chi connectivity index (χ0) is 15.2. The van der Waals surface area contributed by atoms with Gasteiger partial charge in [0.05, 0.1) is 7.11 Å². The molecular formula is C16H15FO4. The van der Waals surface area contributed by atoms with Crippen LogP contribution in [0.2, 0.25) is 0 Å². The van der Waals surface area contributed by atoms with E-state index in [0.717, 1.165) is 0 Å². The highest BCUT2D eigenvalue weighted by Gasteiger charge is 2.21. The van der Waals surface area contributed by atoms with Gasteiger partial charge in [0, 0.05) is 6.42 Å². The predicted molar refractivity (Wildman–Crippen MR) is 75.1 cm³/mol. The van der Waals surface area contributed by atoms with Crippen LogP contribution in [0.5, 0.6) is 11.5 Å². The van der Waals surface area contributed by atoms with Crippen molar-refractivity contribution in [2.24, 2.45) is 0 Å². The lowest BCUT2D eigenvalue weighted by Crippen LogP contribution is -2.29. The van der Waals surface area contributed by atoms with Crippen molar-refractivity contribution >= 4 is 5.97 Å². The van der Waals surface area contributed by atoms with E-state index in [4.69, 9.17) is 9.47 Å². The number of methoxy groups -OCH3 is 1. The molecule has 2 rings (SSSR count). The Hall–Kier alpha value is -2.56. The lowest BCUT2D eigenvalue weighted by atomic mass is 10.1. The fourth-order valence-corrected chi connectivity index (χ4v) is 1.86. The molecule has 0 aliphatic heterocycles. The van der Waals surface area contributed by atoms with Gasteiger partial charge < -0.3 is 14.6 Å². The fourth-order valence-electron chi connectivity index (χ4n) is 1.86. The summed E-state index contributed by atoms with van der Waals surface area (Å²) in [6.45, 7) is 0. The summed E-state index contributed by atoms with van der Waals surface area (Å²) >= 11 is 0. The van der Waals surface area contributed by atoms with E-state index in [0.29, 0.717) is 17.1 Å².